The summed E-state index contributed by atoms with van der Waals surface area (Å²) >= 11 is 0. The molecule has 2 heterocycles. The van der Waals surface area contributed by atoms with E-state index in [9.17, 15) is 27.6 Å². The highest BCUT2D eigenvalue weighted by molar-refractivity contribution is 6.14. The minimum atomic E-state index is -5.23. The number of hydrogen-bond donors (Lipinski definition) is 1. The van der Waals surface area contributed by atoms with Crippen LogP contribution in [0.25, 0.3) is 0 Å². The maximum absolute atomic E-state index is 14.9. The Morgan fingerprint density at radius 1 is 1.11 bits per heavy atom. The minimum absolute atomic E-state index is 0.0252. The van der Waals surface area contributed by atoms with Gasteiger partial charge in [0.15, 0.2) is 5.78 Å². The van der Waals surface area contributed by atoms with Crippen LogP contribution in [0.1, 0.15) is 76.2 Å². The number of amides is 2. The van der Waals surface area contributed by atoms with E-state index in [1.54, 1.807) is 26.0 Å². The average Bonchev–Trinajstić information content (AvgIpc) is 3.33. The van der Waals surface area contributed by atoms with Crippen molar-refractivity contribution in [3.8, 4) is 0 Å². The number of nitrogens with one attached hydrogen (secondary N) is 1. The van der Waals surface area contributed by atoms with Crippen LogP contribution in [-0.2, 0) is 19.7 Å². The molecule has 1 aromatic carbocycles. The number of benzene rings is 1. The van der Waals surface area contributed by atoms with E-state index < -0.39 is 46.4 Å². The summed E-state index contributed by atoms with van der Waals surface area (Å²) in [6.07, 6.45) is -4.34. The van der Waals surface area contributed by atoms with Crippen molar-refractivity contribution in [1.82, 2.24) is 10.2 Å². The standard InChI is InChI=1S/C27H33F3N2O4/c1-24(2,3)17-10-8-16(9-11-17)22(34)31-26(27(28,29)30)21-19(13-25(4,5)14-20(21)33)32(23(26)35)15-18-7-6-12-36-18/h8-11,18H,6-7,12-15H2,1-5H3,(H,31,34)/t18-,26-/m0/s1. The fourth-order valence-corrected chi connectivity index (χ4v) is 5.38. The summed E-state index contributed by atoms with van der Waals surface area (Å²) in [6, 6.07) is 6.22. The summed E-state index contributed by atoms with van der Waals surface area (Å²) in [5.74, 6) is -3.18. The number of nitrogens with zero attached hydrogens (tertiary/aromatic N) is 1. The van der Waals surface area contributed by atoms with Gasteiger partial charge in [0.25, 0.3) is 11.8 Å². The van der Waals surface area contributed by atoms with Crippen molar-refractivity contribution in [1.29, 1.82) is 0 Å². The molecule has 4 rings (SSSR count). The largest absolute Gasteiger partial charge is 0.425 e. The van der Waals surface area contributed by atoms with Crippen molar-refractivity contribution < 1.29 is 32.3 Å². The molecule has 6 nitrogen and oxygen atoms in total. The van der Waals surface area contributed by atoms with Crippen LogP contribution in [0.4, 0.5) is 13.2 Å². The van der Waals surface area contributed by atoms with Gasteiger partial charge in [-0.1, -0.05) is 46.8 Å². The number of allylic oxidation sites excluding steroid dienone is 1. The molecule has 0 saturated carbocycles. The number of hydrogen-bond acceptors (Lipinski definition) is 4. The van der Waals surface area contributed by atoms with E-state index in [0.717, 1.165) is 16.9 Å². The average molecular weight is 507 g/mol. The second-order valence-electron chi connectivity index (χ2n) is 11.8. The second-order valence-corrected chi connectivity index (χ2v) is 11.8. The van der Waals surface area contributed by atoms with Crippen LogP contribution in [0.2, 0.25) is 0 Å². The van der Waals surface area contributed by atoms with Crippen molar-refractivity contribution in [2.45, 2.75) is 83.5 Å². The topological polar surface area (TPSA) is 75.7 Å². The molecule has 1 saturated heterocycles. The van der Waals surface area contributed by atoms with Crippen molar-refractivity contribution >= 4 is 17.6 Å². The highest BCUT2D eigenvalue weighted by Gasteiger charge is 2.71. The number of Topliss-reactive ketones (excluding diaryl/α,β-unsaturated/α-hetero) is 1. The lowest BCUT2D eigenvalue weighted by Gasteiger charge is -2.35. The predicted molar refractivity (Wildman–Crippen MR) is 127 cm³/mol. The Bertz CT molecular complexity index is 1110. The Labute approximate surface area is 209 Å². The SMILES string of the molecule is CC1(C)CC(=O)C2=C(C1)N(C[C@@H]1CCCO1)C(=O)[C@]2(NC(=O)c1ccc(C(C)(C)C)cc1)C(F)(F)F. The quantitative estimate of drug-likeness (QED) is 0.644. The molecule has 9 heteroatoms. The molecule has 1 aliphatic carbocycles. The molecule has 1 fully saturated rings. The highest BCUT2D eigenvalue weighted by atomic mass is 19.4. The molecule has 2 atom stereocenters. The Kier molecular flexibility index (Phi) is 6.39. The van der Waals surface area contributed by atoms with Crippen LogP contribution < -0.4 is 5.32 Å². The van der Waals surface area contributed by atoms with Gasteiger partial charge in [-0.05, 0) is 47.8 Å². The molecule has 2 aliphatic heterocycles. The van der Waals surface area contributed by atoms with Gasteiger partial charge in [-0.3, -0.25) is 14.4 Å². The number of alkyl halides is 3. The van der Waals surface area contributed by atoms with Gasteiger partial charge in [0.2, 0.25) is 5.54 Å². The van der Waals surface area contributed by atoms with E-state index in [1.807, 2.05) is 26.1 Å². The van der Waals surface area contributed by atoms with Gasteiger partial charge in [-0.2, -0.15) is 13.2 Å². The van der Waals surface area contributed by atoms with Crippen LogP contribution in [0, 0.1) is 5.41 Å². The maximum atomic E-state index is 14.9. The molecule has 2 amide bonds. The predicted octanol–water partition coefficient (Wildman–Crippen LogP) is 4.68. The van der Waals surface area contributed by atoms with Crippen LogP contribution in [0.5, 0.6) is 0 Å². The Hall–Kier alpha value is -2.68. The zero-order valence-corrected chi connectivity index (χ0v) is 21.3. The fraction of sp³-hybridized carbons (Fsp3) is 0.593. The first-order chi connectivity index (χ1) is 16.6. The van der Waals surface area contributed by atoms with E-state index >= 15 is 0 Å². The van der Waals surface area contributed by atoms with Gasteiger partial charge < -0.3 is 15.0 Å². The first kappa shape index (κ1) is 26.4. The van der Waals surface area contributed by atoms with Crippen molar-refractivity contribution in [3.05, 3.63) is 46.7 Å². The highest BCUT2D eigenvalue weighted by Crippen LogP contribution is 2.52. The summed E-state index contributed by atoms with van der Waals surface area (Å²) in [5, 5.41) is 1.99. The third kappa shape index (κ3) is 4.46. The molecule has 0 bridgehead atoms. The third-order valence-corrected chi connectivity index (χ3v) is 7.27. The first-order valence-corrected chi connectivity index (χ1v) is 12.3. The van der Waals surface area contributed by atoms with E-state index in [0.29, 0.717) is 13.0 Å². The van der Waals surface area contributed by atoms with E-state index in [4.69, 9.17) is 4.74 Å². The molecular weight excluding hydrogens is 473 g/mol. The Morgan fingerprint density at radius 2 is 1.75 bits per heavy atom. The van der Waals surface area contributed by atoms with Crippen LogP contribution in [0.3, 0.4) is 0 Å². The van der Waals surface area contributed by atoms with Gasteiger partial charge in [0.05, 0.1) is 18.2 Å². The summed E-state index contributed by atoms with van der Waals surface area (Å²) in [5.41, 5.74) is -4.02. The third-order valence-electron chi connectivity index (χ3n) is 7.27. The molecule has 0 unspecified atom stereocenters. The first-order valence-electron chi connectivity index (χ1n) is 12.3. The van der Waals surface area contributed by atoms with Crippen LogP contribution >= 0.6 is 0 Å². The lowest BCUT2D eigenvalue weighted by atomic mass is 9.72. The zero-order valence-electron chi connectivity index (χ0n) is 21.3. The lowest BCUT2D eigenvalue weighted by Crippen LogP contribution is -2.66. The molecule has 1 aromatic rings. The van der Waals surface area contributed by atoms with E-state index in [2.05, 4.69) is 0 Å². The molecular formula is C27H33F3N2O4. The number of halogens is 3. The molecule has 36 heavy (non-hydrogen) atoms. The normalized spacial score (nSPS) is 26.4. The number of carbonyl (C=O) groups is 3. The van der Waals surface area contributed by atoms with E-state index in [1.165, 1.54) is 12.1 Å². The van der Waals surface area contributed by atoms with Gasteiger partial charge in [0.1, 0.15) is 0 Å². The second kappa shape index (κ2) is 8.71. The minimum Gasteiger partial charge on any atom is -0.376 e. The number of ether oxygens (including phenoxy) is 1. The van der Waals surface area contributed by atoms with E-state index in [-0.39, 0.29) is 36.1 Å². The van der Waals surface area contributed by atoms with Gasteiger partial charge in [-0.25, -0.2) is 0 Å². The maximum Gasteiger partial charge on any atom is 0.425 e. The summed E-state index contributed by atoms with van der Waals surface area (Å²) in [6.45, 7) is 9.88. The number of rotatable bonds is 4. The van der Waals surface area contributed by atoms with Gasteiger partial charge in [-0.15, -0.1) is 0 Å². The number of carbonyl (C=O) groups excluding carboxylic acids is 3. The molecule has 0 aromatic heterocycles. The Balaban J connectivity index is 1.79. The summed E-state index contributed by atoms with van der Waals surface area (Å²) < 4.78 is 50.3. The van der Waals surface area contributed by atoms with Crippen molar-refractivity contribution in [2.24, 2.45) is 5.41 Å². The summed E-state index contributed by atoms with van der Waals surface area (Å²) in [7, 11) is 0. The van der Waals surface area contributed by atoms with Gasteiger partial charge >= 0.3 is 6.18 Å². The summed E-state index contributed by atoms with van der Waals surface area (Å²) in [4.78, 5) is 41.1. The van der Waals surface area contributed by atoms with Crippen molar-refractivity contribution in [2.75, 3.05) is 13.2 Å². The smallest absolute Gasteiger partial charge is 0.376 e. The molecule has 0 spiro atoms. The molecule has 1 N–H and O–H groups in total. The van der Waals surface area contributed by atoms with Crippen LogP contribution in [-0.4, -0.2) is 53.5 Å². The Morgan fingerprint density at radius 3 is 2.28 bits per heavy atom. The number of ketones is 1. The van der Waals surface area contributed by atoms with Gasteiger partial charge in [0, 0.05) is 24.3 Å². The van der Waals surface area contributed by atoms with Crippen molar-refractivity contribution in [3.63, 3.8) is 0 Å². The molecule has 3 aliphatic rings. The molecule has 0 radical (unpaired) electrons. The molecule has 196 valence electrons. The monoisotopic (exact) mass is 506 g/mol. The lowest BCUT2D eigenvalue weighted by molar-refractivity contribution is -0.191. The zero-order chi connectivity index (χ0) is 26.7. The fourth-order valence-electron chi connectivity index (χ4n) is 5.38. The van der Waals surface area contributed by atoms with Crippen LogP contribution in [0.15, 0.2) is 35.5 Å².